The molecular formula is C32H64N4O10. The van der Waals surface area contributed by atoms with E-state index >= 15 is 0 Å². The normalized spacial score (nSPS) is 23.5. The number of Topliss-reactive ketones (excluding diaryl/α,β-unsaturated/α-hetero) is 2. The molecule has 0 aromatic rings. The molecule has 46 heavy (non-hydrogen) atoms. The highest BCUT2D eigenvalue weighted by atomic mass is 16.6. The molecule has 0 saturated carbocycles. The number of hydrazine groups is 1. The van der Waals surface area contributed by atoms with Crippen molar-refractivity contribution >= 4 is 30.1 Å². The second-order valence-electron chi connectivity index (χ2n) is 10.7. The van der Waals surface area contributed by atoms with E-state index in [1.165, 1.54) is 14.0 Å². The first-order valence-electron chi connectivity index (χ1n) is 16.3. The summed E-state index contributed by atoms with van der Waals surface area (Å²) >= 11 is 0. The van der Waals surface area contributed by atoms with Gasteiger partial charge < -0.3 is 34.7 Å². The summed E-state index contributed by atoms with van der Waals surface area (Å²) in [5, 5.41) is 10.1. The van der Waals surface area contributed by atoms with Crippen LogP contribution in [0.2, 0.25) is 0 Å². The third-order valence-corrected chi connectivity index (χ3v) is 7.29. The van der Waals surface area contributed by atoms with E-state index in [9.17, 15) is 29.1 Å². The van der Waals surface area contributed by atoms with Gasteiger partial charge in [0.1, 0.15) is 30.1 Å². The molecule has 272 valence electrons. The lowest BCUT2D eigenvalue weighted by atomic mass is 9.85. The molecule has 7 unspecified atom stereocenters. The molecular weight excluding hydrogens is 600 g/mol. The van der Waals surface area contributed by atoms with Crippen molar-refractivity contribution in [2.75, 3.05) is 34.4 Å². The molecule has 2 rings (SSSR count). The average molecular weight is 665 g/mol. The van der Waals surface area contributed by atoms with Crippen LogP contribution in [0.25, 0.3) is 0 Å². The first-order valence-corrected chi connectivity index (χ1v) is 16.3. The van der Waals surface area contributed by atoms with E-state index < -0.39 is 48.1 Å². The number of carbonyl (C=O) groups excluding carboxylic acids is 5. The molecule has 5 N–H and O–H groups in total. The van der Waals surface area contributed by atoms with Crippen molar-refractivity contribution in [2.24, 2.45) is 29.3 Å². The number of nitrogens with two attached hydrogens (primary N) is 2. The number of cyclic esters (lactones) is 1. The molecule has 2 heterocycles. The summed E-state index contributed by atoms with van der Waals surface area (Å²) < 4.78 is 19.9. The van der Waals surface area contributed by atoms with Gasteiger partial charge in [0.05, 0.1) is 12.7 Å². The van der Waals surface area contributed by atoms with Gasteiger partial charge in [0.15, 0.2) is 12.4 Å². The summed E-state index contributed by atoms with van der Waals surface area (Å²) in [6.07, 6.45) is 1.07. The summed E-state index contributed by atoms with van der Waals surface area (Å²) in [4.78, 5) is 60.8. The number of hydrogen-bond donors (Lipinski definition) is 3. The number of hydrogen-bond acceptors (Lipinski definition) is 13. The van der Waals surface area contributed by atoms with Gasteiger partial charge >= 0.3 is 12.1 Å². The lowest BCUT2D eigenvalue weighted by Crippen LogP contribution is -2.50. The molecule has 2 aliphatic rings. The highest BCUT2D eigenvalue weighted by Crippen LogP contribution is 2.27. The van der Waals surface area contributed by atoms with Crippen LogP contribution in [0.3, 0.4) is 0 Å². The summed E-state index contributed by atoms with van der Waals surface area (Å²) in [6.45, 7) is 16.6. The Hall–Kier alpha value is -2.65. The molecule has 2 fully saturated rings. The van der Waals surface area contributed by atoms with Gasteiger partial charge in [0, 0.05) is 30.7 Å². The SMILES string of the molecule is CC.CC.CC1CC(N(C)C)CC(O)O1.CCC[C@@H](C)C(=O)C(C)C1C(COC(=O)C(C)C(=O)CCOC=O)OC(=O)N1N.CN. The van der Waals surface area contributed by atoms with Crippen LogP contribution < -0.4 is 11.6 Å². The predicted octanol–water partition coefficient (Wildman–Crippen LogP) is 3.06. The molecule has 2 aliphatic heterocycles. The van der Waals surface area contributed by atoms with E-state index in [1.54, 1.807) is 6.92 Å². The molecule has 14 heteroatoms. The number of carbonyl (C=O) groups is 5. The Kier molecular flexibility index (Phi) is 28.5. The van der Waals surface area contributed by atoms with Crippen molar-refractivity contribution in [1.82, 2.24) is 9.91 Å². The third-order valence-electron chi connectivity index (χ3n) is 7.29. The van der Waals surface area contributed by atoms with Crippen LogP contribution in [0, 0.1) is 17.8 Å². The zero-order valence-corrected chi connectivity index (χ0v) is 30.3. The summed E-state index contributed by atoms with van der Waals surface area (Å²) in [5.74, 6) is 2.59. The molecule has 1 amide bonds. The molecule has 0 aromatic carbocycles. The summed E-state index contributed by atoms with van der Waals surface area (Å²) in [7, 11) is 5.57. The highest BCUT2D eigenvalue weighted by Gasteiger charge is 2.47. The molecule has 0 aromatic heterocycles. The Balaban J connectivity index is -0.000000898. The number of rotatable bonds is 14. The average Bonchev–Trinajstić information content (AvgIpc) is 3.33. The fourth-order valence-electron chi connectivity index (χ4n) is 4.81. The van der Waals surface area contributed by atoms with Crippen molar-refractivity contribution < 1.29 is 48.0 Å². The number of ether oxygens (including phenoxy) is 4. The first-order chi connectivity index (χ1) is 21.7. The summed E-state index contributed by atoms with van der Waals surface area (Å²) in [6, 6.07) is -0.317. The molecule has 0 radical (unpaired) electrons. The minimum atomic E-state index is -1.07. The van der Waals surface area contributed by atoms with Crippen LogP contribution in [-0.4, -0.2) is 110 Å². The minimum Gasteiger partial charge on any atom is -0.467 e. The van der Waals surface area contributed by atoms with Crippen molar-refractivity contribution in [3.63, 3.8) is 0 Å². The second kappa shape index (κ2) is 27.5. The maximum absolute atomic E-state index is 12.6. The van der Waals surface area contributed by atoms with Gasteiger partial charge in [0.2, 0.25) is 0 Å². The quantitative estimate of drug-likeness (QED) is 0.0466. The van der Waals surface area contributed by atoms with Gasteiger partial charge in [-0.05, 0) is 47.8 Å². The molecule has 0 spiro atoms. The zero-order chi connectivity index (χ0) is 36.6. The predicted molar refractivity (Wildman–Crippen MR) is 176 cm³/mol. The second-order valence-corrected chi connectivity index (χ2v) is 10.7. The Morgan fingerprint density at radius 1 is 1.11 bits per heavy atom. The Labute approximate surface area is 276 Å². The van der Waals surface area contributed by atoms with Gasteiger partial charge in [-0.15, -0.1) is 0 Å². The smallest absolute Gasteiger partial charge is 0.424 e. The highest BCUT2D eigenvalue weighted by molar-refractivity contribution is 5.98. The number of esters is 1. The third kappa shape index (κ3) is 17.3. The van der Waals surface area contributed by atoms with E-state index in [0.29, 0.717) is 12.5 Å². The maximum atomic E-state index is 12.6. The largest absolute Gasteiger partial charge is 0.467 e. The molecule has 2 saturated heterocycles. The minimum absolute atomic E-state index is 0.0550. The number of amides is 1. The van der Waals surface area contributed by atoms with Crippen LogP contribution in [0.1, 0.15) is 94.4 Å². The first kappa shape index (κ1) is 47.8. The van der Waals surface area contributed by atoms with Crippen LogP contribution in [0.5, 0.6) is 0 Å². The fourth-order valence-corrected chi connectivity index (χ4v) is 4.81. The van der Waals surface area contributed by atoms with Crippen molar-refractivity contribution in [2.45, 2.75) is 125 Å². The van der Waals surface area contributed by atoms with E-state index in [1.807, 2.05) is 62.6 Å². The molecule has 8 atom stereocenters. The standard InChI is InChI=1S/C19H30N2O8.C8H17NO2.2C2H6.CH5N/c1-5-6-11(2)17(24)13(4)16-15(29-19(26)21(16)20)9-28-18(25)12(3)14(23)7-8-27-10-22;1-6-4-7(9(2)3)5-8(10)11-6;3*1-2/h10-13,15-16H,5-9,20H2,1-4H3;6-8,10H,4-5H2,1-3H3;2*1-2H3;2H2,1H3/t11-,12?,13?,15?,16?;;;;/m1..../s1. The molecule has 0 bridgehead atoms. The van der Waals surface area contributed by atoms with E-state index in [-0.39, 0.29) is 43.9 Å². The van der Waals surface area contributed by atoms with Crippen molar-refractivity contribution in [3.05, 3.63) is 0 Å². The Bertz CT molecular complexity index is 851. The fraction of sp³-hybridized carbons (Fsp3) is 0.844. The zero-order valence-electron chi connectivity index (χ0n) is 30.3. The van der Waals surface area contributed by atoms with Crippen LogP contribution >= 0.6 is 0 Å². The Morgan fingerprint density at radius 3 is 2.15 bits per heavy atom. The van der Waals surface area contributed by atoms with E-state index in [0.717, 1.165) is 24.3 Å². The van der Waals surface area contributed by atoms with Gasteiger partial charge in [-0.2, -0.15) is 0 Å². The number of ketones is 2. The number of aliphatic hydroxyl groups is 1. The van der Waals surface area contributed by atoms with Gasteiger partial charge in [-0.3, -0.25) is 19.2 Å². The summed E-state index contributed by atoms with van der Waals surface area (Å²) in [5.41, 5.74) is 4.50. The van der Waals surface area contributed by atoms with E-state index in [2.05, 4.69) is 15.4 Å². The van der Waals surface area contributed by atoms with Gasteiger partial charge in [-0.1, -0.05) is 54.9 Å². The van der Waals surface area contributed by atoms with Crippen molar-refractivity contribution in [3.8, 4) is 0 Å². The maximum Gasteiger partial charge on any atom is 0.424 e. The van der Waals surface area contributed by atoms with Crippen LogP contribution in [0.4, 0.5) is 4.79 Å². The number of nitrogens with zero attached hydrogens (tertiary/aromatic N) is 2. The van der Waals surface area contributed by atoms with Crippen LogP contribution in [0.15, 0.2) is 0 Å². The Morgan fingerprint density at radius 2 is 1.67 bits per heavy atom. The van der Waals surface area contributed by atoms with Crippen molar-refractivity contribution in [1.29, 1.82) is 0 Å². The van der Waals surface area contributed by atoms with E-state index in [4.69, 9.17) is 20.1 Å². The lowest BCUT2D eigenvalue weighted by molar-refractivity contribution is -0.172. The monoisotopic (exact) mass is 664 g/mol. The lowest BCUT2D eigenvalue weighted by Gasteiger charge is -2.34. The molecule has 0 aliphatic carbocycles. The number of aliphatic hydroxyl groups excluding tert-OH is 1. The van der Waals surface area contributed by atoms with Crippen LogP contribution in [-0.2, 0) is 38.1 Å². The topological polar surface area (TPSA) is 201 Å². The molecule has 14 nitrogen and oxygen atoms in total. The van der Waals surface area contributed by atoms with Gasteiger partial charge in [0.25, 0.3) is 6.47 Å². The van der Waals surface area contributed by atoms with Gasteiger partial charge in [-0.25, -0.2) is 15.6 Å².